The predicted molar refractivity (Wildman–Crippen MR) is 45.6 cm³/mol. The molecule has 0 aromatic carbocycles. The van der Waals surface area contributed by atoms with Crippen molar-refractivity contribution < 1.29 is 9.47 Å². The Labute approximate surface area is 73.2 Å². The fourth-order valence-electron chi connectivity index (χ4n) is 2.34. The second-order valence-electron chi connectivity index (χ2n) is 3.70. The SMILES string of the molecule is NC[C@@H]1CCC[C@H]1C1OCCO1. The van der Waals surface area contributed by atoms with Crippen LogP contribution < -0.4 is 5.73 Å². The Morgan fingerprint density at radius 1 is 1.17 bits per heavy atom. The van der Waals surface area contributed by atoms with Gasteiger partial charge in [-0.15, -0.1) is 0 Å². The van der Waals surface area contributed by atoms with E-state index in [1.165, 1.54) is 19.3 Å². The van der Waals surface area contributed by atoms with Crippen molar-refractivity contribution in [3.8, 4) is 0 Å². The normalized spacial score (nSPS) is 37.8. The number of hydrogen-bond donors (Lipinski definition) is 1. The molecule has 0 amide bonds. The molecule has 2 N–H and O–H groups in total. The summed E-state index contributed by atoms with van der Waals surface area (Å²) in [5.41, 5.74) is 5.68. The maximum Gasteiger partial charge on any atom is 0.160 e. The molecular weight excluding hydrogens is 154 g/mol. The lowest BCUT2D eigenvalue weighted by atomic mass is 9.96. The number of rotatable bonds is 2. The first-order chi connectivity index (χ1) is 5.92. The molecule has 1 aliphatic heterocycles. The molecule has 12 heavy (non-hydrogen) atoms. The van der Waals surface area contributed by atoms with Crippen molar-refractivity contribution in [3.63, 3.8) is 0 Å². The monoisotopic (exact) mass is 171 g/mol. The largest absolute Gasteiger partial charge is 0.350 e. The Bertz CT molecular complexity index is 145. The van der Waals surface area contributed by atoms with E-state index in [1.807, 2.05) is 0 Å². The molecule has 3 heteroatoms. The van der Waals surface area contributed by atoms with Crippen LogP contribution in [-0.4, -0.2) is 26.0 Å². The lowest BCUT2D eigenvalue weighted by Gasteiger charge is -2.22. The van der Waals surface area contributed by atoms with Crippen molar-refractivity contribution >= 4 is 0 Å². The van der Waals surface area contributed by atoms with Gasteiger partial charge in [0.2, 0.25) is 0 Å². The minimum absolute atomic E-state index is 0.0565. The van der Waals surface area contributed by atoms with Gasteiger partial charge in [0.25, 0.3) is 0 Å². The highest BCUT2D eigenvalue weighted by Crippen LogP contribution is 2.36. The fraction of sp³-hybridized carbons (Fsp3) is 1.00. The Morgan fingerprint density at radius 2 is 1.92 bits per heavy atom. The van der Waals surface area contributed by atoms with E-state index in [9.17, 15) is 0 Å². The van der Waals surface area contributed by atoms with Crippen LogP contribution >= 0.6 is 0 Å². The zero-order valence-corrected chi connectivity index (χ0v) is 7.37. The third-order valence-electron chi connectivity index (χ3n) is 3.02. The quantitative estimate of drug-likeness (QED) is 0.666. The molecule has 2 aliphatic rings. The van der Waals surface area contributed by atoms with Crippen molar-refractivity contribution in [2.75, 3.05) is 19.8 Å². The number of ether oxygens (including phenoxy) is 2. The molecule has 1 heterocycles. The maximum absolute atomic E-state index is 5.68. The van der Waals surface area contributed by atoms with Crippen LogP contribution in [0.15, 0.2) is 0 Å². The minimum Gasteiger partial charge on any atom is -0.350 e. The molecule has 70 valence electrons. The van der Waals surface area contributed by atoms with E-state index in [-0.39, 0.29) is 6.29 Å². The van der Waals surface area contributed by atoms with Gasteiger partial charge in [-0.1, -0.05) is 6.42 Å². The van der Waals surface area contributed by atoms with Crippen LogP contribution in [0, 0.1) is 11.8 Å². The van der Waals surface area contributed by atoms with Crippen molar-refractivity contribution in [3.05, 3.63) is 0 Å². The summed E-state index contributed by atoms with van der Waals surface area (Å²) in [5.74, 6) is 1.20. The minimum atomic E-state index is 0.0565. The molecule has 1 aliphatic carbocycles. The van der Waals surface area contributed by atoms with Gasteiger partial charge >= 0.3 is 0 Å². The number of nitrogens with two attached hydrogens (primary N) is 1. The summed E-state index contributed by atoms with van der Waals surface area (Å²) in [6, 6.07) is 0. The summed E-state index contributed by atoms with van der Waals surface area (Å²) in [6.07, 6.45) is 3.83. The van der Waals surface area contributed by atoms with Crippen LogP contribution in [0.2, 0.25) is 0 Å². The fourth-order valence-corrected chi connectivity index (χ4v) is 2.34. The first kappa shape index (κ1) is 8.48. The van der Waals surface area contributed by atoms with Crippen LogP contribution in [0.1, 0.15) is 19.3 Å². The van der Waals surface area contributed by atoms with Crippen LogP contribution in [0.25, 0.3) is 0 Å². The molecular formula is C9H17NO2. The Hall–Kier alpha value is -0.120. The smallest absolute Gasteiger partial charge is 0.160 e. The molecule has 3 nitrogen and oxygen atoms in total. The third-order valence-corrected chi connectivity index (χ3v) is 3.02. The number of hydrogen-bond acceptors (Lipinski definition) is 3. The lowest BCUT2D eigenvalue weighted by molar-refractivity contribution is -0.0922. The van der Waals surface area contributed by atoms with E-state index in [2.05, 4.69) is 0 Å². The van der Waals surface area contributed by atoms with Gasteiger partial charge in [-0.3, -0.25) is 0 Å². The lowest BCUT2D eigenvalue weighted by Crippen LogP contribution is -2.29. The second-order valence-corrected chi connectivity index (χ2v) is 3.70. The summed E-state index contributed by atoms with van der Waals surface area (Å²) in [6.45, 7) is 2.31. The highest BCUT2D eigenvalue weighted by Gasteiger charge is 2.35. The summed E-state index contributed by atoms with van der Waals surface area (Å²) in [5, 5.41) is 0. The van der Waals surface area contributed by atoms with Crippen molar-refractivity contribution in [1.82, 2.24) is 0 Å². The molecule has 1 saturated carbocycles. The van der Waals surface area contributed by atoms with Gasteiger partial charge in [0.05, 0.1) is 13.2 Å². The van der Waals surface area contributed by atoms with Crippen LogP contribution in [-0.2, 0) is 9.47 Å². The third kappa shape index (κ3) is 1.49. The van der Waals surface area contributed by atoms with Crippen LogP contribution in [0.3, 0.4) is 0 Å². The molecule has 0 radical (unpaired) electrons. The molecule has 0 aromatic heterocycles. The van der Waals surface area contributed by atoms with E-state index < -0.39 is 0 Å². The highest BCUT2D eigenvalue weighted by atomic mass is 16.7. The van der Waals surface area contributed by atoms with E-state index in [4.69, 9.17) is 15.2 Å². The zero-order valence-electron chi connectivity index (χ0n) is 7.37. The van der Waals surface area contributed by atoms with E-state index in [0.717, 1.165) is 19.8 Å². The topological polar surface area (TPSA) is 44.5 Å². The Kier molecular flexibility index (Phi) is 2.63. The summed E-state index contributed by atoms with van der Waals surface area (Å²) >= 11 is 0. The summed E-state index contributed by atoms with van der Waals surface area (Å²) in [4.78, 5) is 0. The summed E-state index contributed by atoms with van der Waals surface area (Å²) < 4.78 is 11.0. The van der Waals surface area contributed by atoms with Gasteiger partial charge in [-0.2, -0.15) is 0 Å². The van der Waals surface area contributed by atoms with Gasteiger partial charge in [0.1, 0.15) is 0 Å². The van der Waals surface area contributed by atoms with Crippen LogP contribution in [0.4, 0.5) is 0 Å². The highest BCUT2D eigenvalue weighted by molar-refractivity contribution is 4.81. The molecule has 0 spiro atoms. The predicted octanol–water partition coefficient (Wildman–Crippen LogP) is 0.734. The Balaban J connectivity index is 1.92. The van der Waals surface area contributed by atoms with Crippen molar-refractivity contribution in [2.45, 2.75) is 25.6 Å². The van der Waals surface area contributed by atoms with Crippen molar-refractivity contribution in [1.29, 1.82) is 0 Å². The van der Waals surface area contributed by atoms with E-state index >= 15 is 0 Å². The van der Waals surface area contributed by atoms with Gasteiger partial charge in [-0.25, -0.2) is 0 Å². The molecule has 0 bridgehead atoms. The van der Waals surface area contributed by atoms with E-state index in [1.54, 1.807) is 0 Å². The average Bonchev–Trinajstić information content (AvgIpc) is 2.74. The molecule has 1 saturated heterocycles. The maximum atomic E-state index is 5.68. The average molecular weight is 171 g/mol. The van der Waals surface area contributed by atoms with E-state index in [0.29, 0.717) is 11.8 Å². The Morgan fingerprint density at radius 3 is 2.58 bits per heavy atom. The van der Waals surface area contributed by atoms with Gasteiger partial charge < -0.3 is 15.2 Å². The van der Waals surface area contributed by atoms with Gasteiger partial charge in [0, 0.05) is 5.92 Å². The summed E-state index contributed by atoms with van der Waals surface area (Å²) in [7, 11) is 0. The standard InChI is InChI=1S/C9H17NO2/c10-6-7-2-1-3-8(7)9-11-4-5-12-9/h7-9H,1-6,10H2/t7-,8+/m0/s1. The molecule has 2 fully saturated rings. The van der Waals surface area contributed by atoms with Crippen LogP contribution in [0.5, 0.6) is 0 Å². The zero-order chi connectivity index (χ0) is 8.39. The van der Waals surface area contributed by atoms with Gasteiger partial charge in [0.15, 0.2) is 6.29 Å². The molecule has 0 aromatic rings. The molecule has 2 rings (SSSR count). The first-order valence-corrected chi connectivity index (χ1v) is 4.85. The van der Waals surface area contributed by atoms with Crippen molar-refractivity contribution in [2.24, 2.45) is 17.6 Å². The first-order valence-electron chi connectivity index (χ1n) is 4.85. The second kappa shape index (κ2) is 3.73. The molecule has 2 atom stereocenters. The molecule has 0 unspecified atom stereocenters. The van der Waals surface area contributed by atoms with Gasteiger partial charge in [-0.05, 0) is 25.3 Å².